The number of carbonyl (C=O) groups is 1. The Bertz CT molecular complexity index is 737. The second-order valence-corrected chi connectivity index (χ2v) is 6.05. The molecule has 0 radical (unpaired) electrons. The highest BCUT2D eigenvalue weighted by molar-refractivity contribution is 7.13. The molecule has 0 aliphatic heterocycles. The number of aliphatic imine (C=N–C) groups is 1. The monoisotopic (exact) mass is 343 g/mol. The Hall–Kier alpha value is -2.47. The van der Waals surface area contributed by atoms with E-state index in [0.717, 1.165) is 17.0 Å². The lowest BCUT2D eigenvalue weighted by atomic mass is 10.1. The van der Waals surface area contributed by atoms with Gasteiger partial charge in [0.1, 0.15) is 5.75 Å². The van der Waals surface area contributed by atoms with Gasteiger partial charge in [-0.05, 0) is 24.6 Å². The highest BCUT2D eigenvalue weighted by atomic mass is 32.1. The molecule has 0 bridgehead atoms. The molecule has 5 nitrogen and oxygen atoms in total. The Balaban J connectivity index is 1.94. The van der Waals surface area contributed by atoms with Crippen molar-refractivity contribution in [2.24, 2.45) is 4.99 Å². The van der Waals surface area contributed by atoms with Crippen LogP contribution in [-0.4, -0.2) is 24.2 Å². The van der Waals surface area contributed by atoms with E-state index in [0.29, 0.717) is 5.13 Å². The highest BCUT2D eigenvalue weighted by Gasteiger charge is 2.10. The minimum atomic E-state index is -0.0945. The van der Waals surface area contributed by atoms with E-state index >= 15 is 0 Å². The van der Waals surface area contributed by atoms with Gasteiger partial charge in [-0.2, -0.15) is 0 Å². The fourth-order valence-corrected chi connectivity index (χ4v) is 2.88. The molecule has 2 aromatic rings. The third-order valence-electron chi connectivity index (χ3n) is 3.34. The zero-order chi connectivity index (χ0) is 17.4. The SMILES string of the molecule is C/C=N\C=C/C(C)c1csc(NC(=O)Cc2cccc(OC)c2)n1. The molecule has 1 aromatic heterocycles. The Morgan fingerprint density at radius 1 is 1.50 bits per heavy atom. The number of hydrogen-bond acceptors (Lipinski definition) is 5. The number of rotatable bonds is 7. The largest absolute Gasteiger partial charge is 0.497 e. The van der Waals surface area contributed by atoms with Crippen molar-refractivity contribution in [3.8, 4) is 5.75 Å². The fourth-order valence-electron chi connectivity index (χ4n) is 2.05. The standard InChI is InChI=1S/C18H21N3O2S/c1-4-19-9-8-13(2)16-12-24-18(20-16)21-17(22)11-14-6-5-7-15(10-14)23-3/h4-10,12-13H,11H2,1-3H3,(H,20,21,22)/b9-8-,19-4-. The predicted octanol–water partition coefficient (Wildman–Crippen LogP) is 4.04. The van der Waals surface area contributed by atoms with Crippen LogP contribution in [0.25, 0.3) is 0 Å². The Kier molecular flexibility index (Phi) is 6.69. The molecule has 0 fully saturated rings. The summed E-state index contributed by atoms with van der Waals surface area (Å²) in [6.45, 7) is 3.91. The first-order valence-electron chi connectivity index (χ1n) is 7.65. The van der Waals surface area contributed by atoms with Crippen molar-refractivity contribution in [3.05, 3.63) is 53.2 Å². The number of aromatic nitrogens is 1. The number of allylic oxidation sites excluding steroid dienone is 1. The molecule has 1 unspecified atom stereocenters. The van der Waals surface area contributed by atoms with Gasteiger partial charge in [0, 0.05) is 23.7 Å². The number of amides is 1. The Morgan fingerprint density at radius 2 is 2.33 bits per heavy atom. The molecule has 126 valence electrons. The van der Waals surface area contributed by atoms with Crippen molar-refractivity contribution in [2.75, 3.05) is 12.4 Å². The summed E-state index contributed by atoms with van der Waals surface area (Å²) in [5, 5.41) is 5.40. The maximum atomic E-state index is 12.2. The van der Waals surface area contributed by atoms with Crippen LogP contribution in [0.2, 0.25) is 0 Å². The van der Waals surface area contributed by atoms with Crippen molar-refractivity contribution < 1.29 is 9.53 Å². The molecule has 0 saturated heterocycles. The summed E-state index contributed by atoms with van der Waals surface area (Å²) in [4.78, 5) is 20.7. The van der Waals surface area contributed by atoms with Crippen LogP contribution in [0.3, 0.4) is 0 Å². The van der Waals surface area contributed by atoms with Crippen molar-refractivity contribution >= 4 is 28.6 Å². The maximum absolute atomic E-state index is 12.2. The lowest BCUT2D eigenvalue weighted by Gasteiger charge is -2.05. The van der Waals surface area contributed by atoms with Crippen molar-refractivity contribution in [2.45, 2.75) is 26.2 Å². The summed E-state index contributed by atoms with van der Waals surface area (Å²) >= 11 is 1.42. The van der Waals surface area contributed by atoms with Gasteiger partial charge in [-0.3, -0.25) is 9.79 Å². The van der Waals surface area contributed by atoms with E-state index < -0.39 is 0 Å². The van der Waals surface area contributed by atoms with Crippen LogP contribution >= 0.6 is 11.3 Å². The van der Waals surface area contributed by atoms with Crippen LogP contribution in [0.1, 0.15) is 31.0 Å². The van der Waals surface area contributed by atoms with E-state index in [1.165, 1.54) is 11.3 Å². The van der Waals surface area contributed by atoms with E-state index in [2.05, 4.69) is 15.3 Å². The van der Waals surface area contributed by atoms with Gasteiger partial charge in [-0.1, -0.05) is 25.1 Å². The number of benzene rings is 1. The van der Waals surface area contributed by atoms with E-state index in [4.69, 9.17) is 4.74 Å². The summed E-state index contributed by atoms with van der Waals surface area (Å²) in [6, 6.07) is 7.48. The number of nitrogens with one attached hydrogen (secondary N) is 1. The lowest BCUT2D eigenvalue weighted by Crippen LogP contribution is -2.14. The smallest absolute Gasteiger partial charge is 0.230 e. The number of carbonyl (C=O) groups excluding carboxylic acids is 1. The van der Waals surface area contributed by atoms with Gasteiger partial charge in [0.05, 0.1) is 19.2 Å². The average molecular weight is 343 g/mol. The lowest BCUT2D eigenvalue weighted by molar-refractivity contribution is -0.115. The van der Waals surface area contributed by atoms with Gasteiger partial charge in [0.15, 0.2) is 5.13 Å². The number of methoxy groups -OCH3 is 1. The van der Waals surface area contributed by atoms with Crippen LogP contribution in [-0.2, 0) is 11.2 Å². The van der Waals surface area contributed by atoms with E-state index in [-0.39, 0.29) is 18.2 Å². The van der Waals surface area contributed by atoms with Crippen molar-refractivity contribution in [1.82, 2.24) is 4.98 Å². The van der Waals surface area contributed by atoms with Gasteiger partial charge in [0.25, 0.3) is 0 Å². The highest BCUT2D eigenvalue weighted by Crippen LogP contribution is 2.23. The molecular formula is C18H21N3O2S. The van der Waals surface area contributed by atoms with Crippen molar-refractivity contribution in [1.29, 1.82) is 0 Å². The molecule has 1 aromatic carbocycles. The second kappa shape index (κ2) is 8.98. The normalized spacial score (nSPS) is 12.6. The quantitative estimate of drug-likeness (QED) is 0.772. The number of nitrogens with zero attached hydrogens (tertiary/aromatic N) is 2. The molecule has 1 amide bonds. The van der Waals surface area contributed by atoms with Crippen LogP contribution in [0.4, 0.5) is 5.13 Å². The molecule has 2 rings (SSSR count). The molecule has 0 spiro atoms. The van der Waals surface area contributed by atoms with E-state index in [1.807, 2.05) is 49.6 Å². The first kappa shape index (κ1) is 17.9. The number of hydrogen-bond donors (Lipinski definition) is 1. The molecule has 0 aliphatic carbocycles. The molecule has 0 aliphatic rings. The van der Waals surface area contributed by atoms with Gasteiger partial charge in [-0.25, -0.2) is 4.98 Å². The third kappa shape index (κ3) is 5.31. The zero-order valence-electron chi connectivity index (χ0n) is 14.0. The topological polar surface area (TPSA) is 63.6 Å². The molecule has 1 N–H and O–H groups in total. The van der Waals surface area contributed by atoms with Crippen molar-refractivity contribution in [3.63, 3.8) is 0 Å². The van der Waals surface area contributed by atoms with Crippen LogP contribution < -0.4 is 10.1 Å². The Morgan fingerprint density at radius 3 is 3.08 bits per heavy atom. The van der Waals surface area contributed by atoms with Crippen LogP contribution in [0.15, 0.2) is 46.9 Å². The van der Waals surface area contributed by atoms with Gasteiger partial charge < -0.3 is 10.1 Å². The van der Waals surface area contributed by atoms with Crippen LogP contribution in [0.5, 0.6) is 5.75 Å². The summed E-state index contributed by atoms with van der Waals surface area (Å²) in [6.07, 6.45) is 5.74. The average Bonchev–Trinajstić information content (AvgIpc) is 3.03. The van der Waals surface area contributed by atoms with Gasteiger partial charge in [-0.15, -0.1) is 11.3 Å². The first-order valence-corrected chi connectivity index (χ1v) is 8.53. The summed E-state index contributed by atoms with van der Waals surface area (Å²) in [7, 11) is 1.61. The summed E-state index contributed by atoms with van der Waals surface area (Å²) in [5.74, 6) is 0.795. The minimum absolute atomic E-state index is 0.0945. The number of thiazole rings is 1. The maximum Gasteiger partial charge on any atom is 0.230 e. The molecule has 24 heavy (non-hydrogen) atoms. The molecule has 0 saturated carbocycles. The Labute approximate surface area is 146 Å². The van der Waals surface area contributed by atoms with Gasteiger partial charge in [0.2, 0.25) is 5.91 Å². The van der Waals surface area contributed by atoms with Crippen LogP contribution in [0, 0.1) is 0 Å². The van der Waals surface area contributed by atoms with E-state index in [9.17, 15) is 4.79 Å². The first-order chi connectivity index (χ1) is 11.6. The molecular weight excluding hydrogens is 322 g/mol. The summed E-state index contributed by atoms with van der Waals surface area (Å²) < 4.78 is 5.17. The molecule has 6 heteroatoms. The fraction of sp³-hybridized carbons (Fsp3) is 0.278. The second-order valence-electron chi connectivity index (χ2n) is 5.19. The number of anilines is 1. The molecule has 1 atom stereocenters. The zero-order valence-corrected chi connectivity index (χ0v) is 14.8. The molecule has 1 heterocycles. The van der Waals surface area contributed by atoms with E-state index in [1.54, 1.807) is 19.5 Å². The third-order valence-corrected chi connectivity index (χ3v) is 4.12. The number of ether oxygens (including phenoxy) is 1. The predicted molar refractivity (Wildman–Crippen MR) is 99.2 cm³/mol. The van der Waals surface area contributed by atoms with Gasteiger partial charge >= 0.3 is 0 Å². The minimum Gasteiger partial charge on any atom is -0.497 e. The summed E-state index contributed by atoms with van der Waals surface area (Å²) in [5.41, 5.74) is 1.82.